The number of hydrogen-bond donors (Lipinski definition) is 2. The minimum Gasteiger partial charge on any atom is -0.495 e. The number of rotatable bonds is 6. The van der Waals surface area contributed by atoms with Crippen molar-refractivity contribution < 1.29 is 13.2 Å². The molecule has 2 rings (SSSR count). The van der Waals surface area contributed by atoms with Gasteiger partial charge in [-0.05, 0) is 44.0 Å². The Morgan fingerprint density at radius 1 is 1.50 bits per heavy atom. The summed E-state index contributed by atoms with van der Waals surface area (Å²) in [5, 5.41) is 3.35. The van der Waals surface area contributed by atoms with Crippen molar-refractivity contribution >= 4 is 26.0 Å². The topological polar surface area (TPSA) is 67.4 Å². The van der Waals surface area contributed by atoms with Gasteiger partial charge in [0.05, 0.1) is 7.11 Å². The Labute approximate surface area is 128 Å². The molecule has 1 heterocycles. The van der Waals surface area contributed by atoms with E-state index in [-0.39, 0.29) is 4.90 Å². The van der Waals surface area contributed by atoms with Crippen molar-refractivity contribution in [1.82, 2.24) is 10.0 Å². The van der Waals surface area contributed by atoms with Crippen molar-refractivity contribution in [3.63, 3.8) is 0 Å². The number of halogens is 1. The molecule has 5 nitrogen and oxygen atoms in total. The van der Waals surface area contributed by atoms with Crippen LogP contribution in [0.4, 0.5) is 0 Å². The Morgan fingerprint density at radius 2 is 2.30 bits per heavy atom. The summed E-state index contributed by atoms with van der Waals surface area (Å²) in [4.78, 5) is 0.161. The molecule has 0 aliphatic carbocycles. The zero-order valence-electron chi connectivity index (χ0n) is 11.4. The van der Waals surface area contributed by atoms with E-state index < -0.39 is 10.0 Å². The zero-order valence-corrected chi connectivity index (χ0v) is 13.8. The van der Waals surface area contributed by atoms with Gasteiger partial charge in [-0.25, -0.2) is 13.1 Å². The molecule has 0 bridgehead atoms. The molecule has 0 unspecified atom stereocenters. The molecule has 1 aliphatic heterocycles. The Kier molecular flexibility index (Phi) is 5.42. The monoisotopic (exact) mass is 362 g/mol. The fraction of sp³-hybridized carbons (Fsp3) is 0.538. The van der Waals surface area contributed by atoms with E-state index in [9.17, 15) is 8.42 Å². The summed E-state index contributed by atoms with van der Waals surface area (Å²) in [6, 6.07) is 5.36. The van der Waals surface area contributed by atoms with Gasteiger partial charge < -0.3 is 10.1 Å². The highest BCUT2D eigenvalue weighted by molar-refractivity contribution is 9.10. The van der Waals surface area contributed by atoms with Gasteiger partial charge >= 0.3 is 0 Å². The molecule has 1 fully saturated rings. The van der Waals surface area contributed by atoms with E-state index in [1.807, 2.05) is 0 Å². The SMILES string of the molecule is COc1ccc(Br)cc1S(=O)(=O)NCC[C@H]1CCCN1. The standard InChI is InChI=1S/C13H19BrN2O3S/c1-19-12-5-4-10(14)9-13(12)20(17,18)16-8-6-11-3-2-7-15-11/h4-5,9,11,15-16H,2-3,6-8H2,1H3/t11-/m1/s1. The van der Waals surface area contributed by atoms with Crippen LogP contribution in [0.3, 0.4) is 0 Å². The summed E-state index contributed by atoms with van der Waals surface area (Å²) < 4.78 is 33.1. The normalized spacial score (nSPS) is 19.2. The van der Waals surface area contributed by atoms with Gasteiger partial charge in [0, 0.05) is 17.1 Å². The number of nitrogens with one attached hydrogen (secondary N) is 2. The summed E-state index contributed by atoms with van der Waals surface area (Å²) in [7, 11) is -2.09. The van der Waals surface area contributed by atoms with Crippen LogP contribution in [0.25, 0.3) is 0 Å². The van der Waals surface area contributed by atoms with Gasteiger partial charge in [-0.3, -0.25) is 0 Å². The Balaban J connectivity index is 2.03. The fourth-order valence-electron chi connectivity index (χ4n) is 2.31. The summed E-state index contributed by atoms with van der Waals surface area (Å²) in [6.07, 6.45) is 3.08. The summed E-state index contributed by atoms with van der Waals surface area (Å²) in [5.74, 6) is 0.347. The molecule has 0 spiro atoms. The lowest BCUT2D eigenvalue weighted by molar-refractivity contribution is 0.402. The molecule has 1 saturated heterocycles. The lowest BCUT2D eigenvalue weighted by Gasteiger charge is -2.13. The molecule has 1 aromatic carbocycles. The first-order valence-electron chi connectivity index (χ1n) is 6.59. The van der Waals surface area contributed by atoms with Crippen molar-refractivity contribution in [3.8, 4) is 5.75 Å². The predicted octanol–water partition coefficient (Wildman–Crippen LogP) is 1.88. The third kappa shape index (κ3) is 3.94. The van der Waals surface area contributed by atoms with Gasteiger partial charge in [-0.1, -0.05) is 15.9 Å². The summed E-state index contributed by atoms with van der Waals surface area (Å²) in [5.41, 5.74) is 0. The molecular formula is C13H19BrN2O3S. The molecule has 7 heteroatoms. The largest absolute Gasteiger partial charge is 0.495 e. The molecule has 0 saturated carbocycles. The average molecular weight is 363 g/mol. The van der Waals surface area contributed by atoms with Crippen molar-refractivity contribution in [1.29, 1.82) is 0 Å². The third-order valence-corrected chi connectivity index (χ3v) is 5.34. The highest BCUT2D eigenvalue weighted by Crippen LogP contribution is 2.27. The molecule has 1 aliphatic rings. The number of hydrogen-bond acceptors (Lipinski definition) is 4. The van der Waals surface area contributed by atoms with E-state index in [1.165, 1.54) is 7.11 Å². The van der Waals surface area contributed by atoms with Crippen LogP contribution in [0, 0.1) is 0 Å². The molecule has 2 N–H and O–H groups in total. The quantitative estimate of drug-likeness (QED) is 0.810. The van der Waals surface area contributed by atoms with Crippen LogP contribution in [-0.4, -0.2) is 34.7 Å². The number of ether oxygens (including phenoxy) is 1. The van der Waals surface area contributed by atoms with Gasteiger partial charge in [-0.2, -0.15) is 0 Å². The lowest BCUT2D eigenvalue weighted by atomic mass is 10.2. The summed E-state index contributed by atoms with van der Waals surface area (Å²) in [6.45, 7) is 1.45. The van der Waals surface area contributed by atoms with Crippen LogP contribution in [0.15, 0.2) is 27.6 Å². The number of methoxy groups -OCH3 is 1. The summed E-state index contributed by atoms with van der Waals surface area (Å²) >= 11 is 3.28. The van der Waals surface area contributed by atoms with E-state index >= 15 is 0 Å². The molecule has 20 heavy (non-hydrogen) atoms. The van der Waals surface area contributed by atoms with E-state index in [2.05, 4.69) is 26.0 Å². The second-order valence-corrected chi connectivity index (χ2v) is 7.43. The molecular weight excluding hydrogens is 344 g/mol. The maximum atomic E-state index is 12.3. The zero-order chi connectivity index (χ0) is 14.6. The molecule has 112 valence electrons. The first kappa shape index (κ1) is 15.8. The first-order chi connectivity index (χ1) is 9.53. The fourth-order valence-corrected chi connectivity index (χ4v) is 4.06. The Hall–Kier alpha value is -0.630. The highest BCUT2D eigenvalue weighted by Gasteiger charge is 2.21. The first-order valence-corrected chi connectivity index (χ1v) is 8.87. The second-order valence-electron chi connectivity index (χ2n) is 4.77. The van der Waals surface area contributed by atoms with Crippen molar-refractivity contribution in [2.75, 3.05) is 20.2 Å². The Bertz CT molecular complexity index is 557. The molecule has 0 aromatic heterocycles. The number of benzene rings is 1. The Morgan fingerprint density at radius 3 is 2.95 bits per heavy atom. The predicted molar refractivity (Wildman–Crippen MR) is 81.5 cm³/mol. The van der Waals surface area contributed by atoms with E-state index in [4.69, 9.17) is 4.74 Å². The van der Waals surface area contributed by atoms with Crippen molar-refractivity contribution in [3.05, 3.63) is 22.7 Å². The van der Waals surface area contributed by atoms with Crippen LogP contribution in [0.1, 0.15) is 19.3 Å². The van der Waals surface area contributed by atoms with Gasteiger partial charge in [0.15, 0.2) is 0 Å². The van der Waals surface area contributed by atoms with Gasteiger partial charge in [0.2, 0.25) is 10.0 Å². The maximum Gasteiger partial charge on any atom is 0.244 e. The minimum absolute atomic E-state index is 0.161. The van der Waals surface area contributed by atoms with Crippen LogP contribution in [0.5, 0.6) is 5.75 Å². The second kappa shape index (κ2) is 6.89. The maximum absolute atomic E-state index is 12.3. The van der Waals surface area contributed by atoms with Crippen molar-refractivity contribution in [2.45, 2.75) is 30.2 Å². The van der Waals surface area contributed by atoms with E-state index in [1.54, 1.807) is 18.2 Å². The average Bonchev–Trinajstić information content (AvgIpc) is 2.91. The van der Waals surface area contributed by atoms with E-state index in [0.29, 0.717) is 22.8 Å². The highest BCUT2D eigenvalue weighted by atomic mass is 79.9. The smallest absolute Gasteiger partial charge is 0.244 e. The molecule has 0 amide bonds. The van der Waals surface area contributed by atoms with Crippen LogP contribution >= 0.6 is 15.9 Å². The van der Waals surface area contributed by atoms with Gasteiger partial charge in [0.25, 0.3) is 0 Å². The van der Waals surface area contributed by atoms with Crippen LogP contribution in [0.2, 0.25) is 0 Å². The number of sulfonamides is 1. The van der Waals surface area contributed by atoms with Gasteiger partial charge in [0.1, 0.15) is 10.6 Å². The molecule has 1 atom stereocenters. The minimum atomic E-state index is -3.55. The molecule has 1 aromatic rings. The van der Waals surface area contributed by atoms with E-state index in [0.717, 1.165) is 25.8 Å². The van der Waals surface area contributed by atoms with Crippen LogP contribution in [-0.2, 0) is 10.0 Å². The van der Waals surface area contributed by atoms with Crippen molar-refractivity contribution in [2.24, 2.45) is 0 Å². The van der Waals surface area contributed by atoms with Gasteiger partial charge in [-0.15, -0.1) is 0 Å². The lowest BCUT2D eigenvalue weighted by Crippen LogP contribution is -2.30. The van der Waals surface area contributed by atoms with Crippen LogP contribution < -0.4 is 14.8 Å². The third-order valence-electron chi connectivity index (χ3n) is 3.36. The molecule has 0 radical (unpaired) electrons.